The third-order valence-electron chi connectivity index (χ3n) is 10.3. The Balaban J connectivity index is 1.38. The molecule has 51 heavy (non-hydrogen) atoms. The Kier molecular flexibility index (Phi) is 9.39. The van der Waals surface area contributed by atoms with E-state index >= 15 is 8.78 Å². The lowest BCUT2D eigenvalue weighted by Crippen LogP contribution is -2.53. The summed E-state index contributed by atoms with van der Waals surface area (Å²) in [5, 5.41) is 12.7. The highest BCUT2D eigenvalue weighted by Gasteiger charge is 2.54. The number of rotatable bonds is 7. The molecule has 3 aromatic rings. The van der Waals surface area contributed by atoms with Gasteiger partial charge in [0.2, 0.25) is 0 Å². The molecule has 1 saturated carbocycles. The normalized spacial score (nSPS) is 27.1. The van der Waals surface area contributed by atoms with Gasteiger partial charge in [-0.2, -0.15) is 0 Å². The van der Waals surface area contributed by atoms with Crippen molar-refractivity contribution in [1.82, 2.24) is 15.2 Å². The maximum absolute atomic E-state index is 17.0. The van der Waals surface area contributed by atoms with Gasteiger partial charge in [0.1, 0.15) is 23.3 Å². The first-order valence-corrected chi connectivity index (χ1v) is 17.8. The quantitative estimate of drug-likeness (QED) is 0.281. The topological polar surface area (TPSA) is 119 Å². The van der Waals surface area contributed by atoms with Crippen molar-refractivity contribution in [2.75, 3.05) is 19.8 Å². The van der Waals surface area contributed by atoms with Crippen molar-refractivity contribution in [2.45, 2.75) is 95.3 Å². The van der Waals surface area contributed by atoms with Gasteiger partial charge in [-0.1, -0.05) is 48.9 Å². The zero-order valence-electron chi connectivity index (χ0n) is 29.0. The Morgan fingerprint density at radius 2 is 1.88 bits per heavy atom. The number of aromatic nitrogens is 1. The highest BCUT2D eigenvalue weighted by molar-refractivity contribution is 6.34. The zero-order valence-corrected chi connectivity index (χ0v) is 29.8. The Labute approximate surface area is 300 Å². The smallest absolute Gasteiger partial charge is 0.410 e. The van der Waals surface area contributed by atoms with Crippen LogP contribution in [0, 0.1) is 17.6 Å². The molecular weight excluding hydrogens is 684 g/mol. The maximum atomic E-state index is 17.0. The monoisotopic (exact) mass is 725 g/mol. The van der Waals surface area contributed by atoms with Gasteiger partial charge in [-0.15, -0.1) is 0 Å². The van der Waals surface area contributed by atoms with E-state index in [1.165, 1.54) is 6.20 Å². The number of aliphatic hydroxyl groups excluding tert-OH is 1. The number of halogens is 3. The minimum absolute atomic E-state index is 0.000795. The van der Waals surface area contributed by atoms with Crippen LogP contribution in [0.3, 0.4) is 0 Å². The van der Waals surface area contributed by atoms with Crippen LogP contribution >= 0.6 is 11.6 Å². The number of benzene rings is 2. The number of nitrogens with one attached hydrogen (secondary N) is 1. The summed E-state index contributed by atoms with van der Waals surface area (Å²) in [4.78, 5) is 33.4. The number of likely N-dealkylation sites (tertiary alicyclic amines) is 1. The molecule has 0 spiro atoms. The second-order valence-corrected chi connectivity index (χ2v) is 15.3. The number of nitrogens with zero attached hydrogens (tertiary/aromatic N) is 2. The van der Waals surface area contributed by atoms with Crippen molar-refractivity contribution >= 4 is 23.6 Å². The lowest BCUT2D eigenvalue weighted by molar-refractivity contribution is -0.0399. The number of hydrogen-bond donors (Lipinski definition) is 2. The highest BCUT2D eigenvalue weighted by Crippen LogP contribution is 2.53. The molecule has 4 aliphatic rings. The van der Waals surface area contributed by atoms with Crippen LogP contribution in [0.4, 0.5) is 13.6 Å². The number of carbonyl (C=O) groups is 2. The van der Waals surface area contributed by atoms with E-state index in [1.807, 2.05) is 37.3 Å². The average molecular weight is 726 g/mol. The van der Waals surface area contributed by atoms with Gasteiger partial charge < -0.3 is 34.3 Å². The second-order valence-electron chi connectivity index (χ2n) is 15.0. The van der Waals surface area contributed by atoms with Crippen molar-refractivity contribution in [2.24, 2.45) is 5.92 Å². The van der Waals surface area contributed by atoms with Gasteiger partial charge in [0, 0.05) is 47.8 Å². The van der Waals surface area contributed by atoms with Crippen LogP contribution in [0.2, 0.25) is 5.02 Å². The summed E-state index contributed by atoms with van der Waals surface area (Å²) in [5.74, 6) is -2.91. The molecular formula is C38H42ClF2N3O7. The number of ether oxygens (including phenoxy) is 4. The molecule has 4 heterocycles. The fraction of sp³-hybridized carbons (Fsp3) is 0.500. The molecule has 272 valence electrons. The van der Waals surface area contributed by atoms with Crippen molar-refractivity contribution in [1.29, 1.82) is 0 Å². The van der Waals surface area contributed by atoms with E-state index in [4.69, 9.17) is 30.5 Å². The van der Waals surface area contributed by atoms with Crippen LogP contribution in [0.25, 0.3) is 11.1 Å². The minimum Gasteiger partial charge on any atom is -0.480 e. The third-order valence-corrected chi connectivity index (χ3v) is 10.7. The Morgan fingerprint density at radius 3 is 2.53 bits per heavy atom. The van der Waals surface area contributed by atoms with E-state index in [-0.39, 0.29) is 47.4 Å². The molecule has 3 fully saturated rings. The standard InChI is InChI=1S/C38H42ClF2N3O7/c1-20-18-48-19-25(20)43-34(46)23-17-42-35(49-27-13-12-26(27)45)33(41)31(23)30-22-16-38(21-9-6-5-7-10-21,50-28(22)15-24(40)32(30)39)29-11-8-14-44(29)36(47)51-37(2,3)4/h5-7,9-10,15,17,20,25-27,29,45H,8,11-14,16,18-19H2,1-4H3,(H,43,46)/t20-,25+,26-,27+,29+,38+/m1/s1. The van der Waals surface area contributed by atoms with Crippen molar-refractivity contribution < 1.29 is 42.4 Å². The predicted molar refractivity (Wildman–Crippen MR) is 184 cm³/mol. The van der Waals surface area contributed by atoms with Gasteiger partial charge in [0.05, 0.1) is 42.0 Å². The zero-order chi connectivity index (χ0) is 36.2. The maximum Gasteiger partial charge on any atom is 0.410 e. The number of pyridine rings is 1. The van der Waals surface area contributed by atoms with E-state index in [0.29, 0.717) is 44.4 Å². The molecule has 6 atom stereocenters. The van der Waals surface area contributed by atoms with E-state index in [0.717, 1.165) is 11.6 Å². The first kappa shape index (κ1) is 35.4. The second kappa shape index (κ2) is 13.5. The lowest BCUT2D eigenvalue weighted by atomic mass is 9.79. The van der Waals surface area contributed by atoms with Gasteiger partial charge in [-0.25, -0.2) is 18.6 Å². The molecule has 0 unspecified atom stereocenters. The van der Waals surface area contributed by atoms with Gasteiger partial charge >= 0.3 is 6.09 Å². The van der Waals surface area contributed by atoms with Crippen LogP contribution in [-0.2, 0) is 21.5 Å². The Hall–Kier alpha value is -4.00. The molecule has 2 amide bonds. The van der Waals surface area contributed by atoms with Crippen molar-refractivity contribution in [3.05, 3.63) is 75.9 Å². The number of hydrogen-bond acceptors (Lipinski definition) is 8. The number of amides is 2. The summed E-state index contributed by atoms with van der Waals surface area (Å²) in [6.07, 6.45) is 1.43. The summed E-state index contributed by atoms with van der Waals surface area (Å²) >= 11 is 6.79. The molecule has 1 aromatic heterocycles. The van der Waals surface area contributed by atoms with Gasteiger partial charge in [-0.05, 0) is 52.0 Å². The first-order valence-electron chi connectivity index (χ1n) is 17.4. The van der Waals surface area contributed by atoms with Crippen LogP contribution in [-0.4, -0.2) is 76.6 Å². The number of aliphatic hydroxyl groups is 1. The lowest BCUT2D eigenvalue weighted by Gasteiger charge is -2.40. The van der Waals surface area contributed by atoms with Gasteiger partial charge in [0.15, 0.2) is 11.4 Å². The molecule has 1 aliphatic carbocycles. The molecule has 2 saturated heterocycles. The summed E-state index contributed by atoms with van der Waals surface area (Å²) in [5.41, 5.74) is -1.49. The first-order chi connectivity index (χ1) is 24.3. The highest BCUT2D eigenvalue weighted by atomic mass is 35.5. The minimum atomic E-state index is -1.25. The van der Waals surface area contributed by atoms with Crippen LogP contribution in [0.5, 0.6) is 11.6 Å². The Bertz CT molecular complexity index is 1840. The molecule has 3 aliphatic heterocycles. The average Bonchev–Trinajstić information content (AvgIpc) is 3.83. The fourth-order valence-electron chi connectivity index (χ4n) is 7.51. The molecule has 0 bridgehead atoms. The predicted octanol–water partition coefficient (Wildman–Crippen LogP) is 6.58. The van der Waals surface area contributed by atoms with E-state index in [9.17, 15) is 14.7 Å². The van der Waals surface area contributed by atoms with Crippen LogP contribution < -0.4 is 14.8 Å². The summed E-state index contributed by atoms with van der Waals surface area (Å²) in [6.45, 7) is 8.45. The van der Waals surface area contributed by atoms with E-state index < -0.39 is 64.0 Å². The summed E-state index contributed by atoms with van der Waals surface area (Å²) in [6, 6.07) is 9.57. The van der Waals surface area contributed by atoms with Crippen molar-refractivity contribution in [3.63, 3.8) is 0 Å². The van der Waals surface area contributed by atoms with E-state index in [1.54, 1.807) is 25.7 Å². The summed E-state index contributed by atoms with van der Waals surface area (Å²) in [7, 11) is 0. The molecule has 2 N–H and O–H groups in total. The van der Waals surface area contributed by atoms with Gasteiger partial charge in [-0.3, -0.25) is 4.79 Å². The van der Waals surface area contributed by atoms with Gasteiger partial charge in [0.25, 0.3) is 11.8 Å². The number of fused-ring (bicyclic) bond motifs is 1. The van der Waals surface area contributed by atoms with E-state index in [2.05, 4.69) is 10.3 Å². The third kappa shape index (κ3) is 6.51. The Morgan fingerprint density at radius 1 is 1.12 bits per heavy atom. The molecule has 0 radical (unpaired) electrons. The fourth-order valence-corrected chi connectivity index (χ4v) is 7.77. The largest absolute Gasteiger partial charge is 0.480 e. The number of carbonyl (C=O) groups excluding carboxylic acids is 2. The van der Waals surface area contributed by atoms with Crippen LogP contribution in [0.15, 0.2) is 42.6 Å². The molecule has 10 nitrogen and oxygen atoms in total. The van der Waals surface area contributed by atoms with Crippen molar-refractivity contribution in [3.8, 4) is 22.8 Å². The summed E-state index contributed by atoms with van der Waals surface area (Å²) < 4.78 is 56.9. The van der Waals surface area contributed by atoms with Crippen LogP contribution in [0.1, 0.15) is 74.9 Å². The molecule has 2 aromatic carbocycles. The molecule has 13 heteroatoms. The molecule has 7 rings (SSSR count). The SMILES string of the molecule is C[C@@H]1COC[C@@H]1NC(=O)c1cnc(O[C@H]2CC[C@H]2O)c(F)c1-c1c(Cl)c(F)cc2c1C[C@](c1ccccc1)([C@@H]1CCCN1C(=O)OC(C)(C)C)O2.